The lowest BCUT2D eigenvalue weighted by Crippen LogP contribution is -2.15. The number of anilines is 1. The average Bonchev–Trinajstić information content (AvgIpc) is 3.27. The molecule has 1 aromatic carbocycles. The number of amides is 1. The fraction of sp³-hybridized carbons (Fsp3) is 0. The van der Waals surface area contributed by atoms with Crippen molar-refractivity contribution < 1.29 is 4.79 Å². The van der Waals surface area contributed by atoms with Crippen LogP contribution in [0.1, 0.15) is 10.5 Å². The summed E-state index contributed by atoms with van der Waals surface area (Å²) in [6.07, 6.45) is 3.03. The van der Waals surface area contributed by atoms with Crippen molar-refractivity contribution >= 4 is 50.3 Å². The lowest BCUT2D eigenvalue weighted by Gasteiger charge is -2.08. The summed E-state index contributed by atoms with van der Waals surface area (Å²) in [6.45, 7) is 0. The number of hydrogen-bond donors (Lipinski definition) is 1. The van der Waals surface area contributed by atoms with Gasteiger partial charge in [0, 0.05) is 4.47 Å². The van der Waals surface area contributed by atoms with E-state index in [9.17, 15) is 4.79 Å². The average molecular weight is 402 g/mol. The van der Waals surface area contributed by atoms with Crippen molar-refractivity contribution in [3.8, 4) is 5.82 Å². The second kappa shape index (κ2) is 6.06. The van der Waals surface area contributed by atoms with Crippen molar-refractivity contribution in [2.24, 2.45) is 0 Å². The van der Waals surface area contributed by atoms with Gasteiger partial charge in [0.2, 0.25) is 0 Å². The smallest absolute Gasteiger partial charge is 0.275 e. The second-order valence-corrected chi connectivity index (χ2v) is 6.14. The fourth-order valence-electron chi connectivity index (χ4n) is 2.14. The lowest BCUT2D eigenvalue weighted by molar-refractivity contribution is 0.102. The topological polar surface area (TPSA) is 98.5 Å². The van der Waals surface area contributed by atoms with Crippen LogP contribution >= 0.6 is 27.7 Å². The summed E-state index contributed by atoms with van der Waals surface area (Å²) in [5, 5.41) is 10.3. The Kier molecular flexibility index (Phi) is 3.75. The molecule has 1 amide bonds. The molecular weight excluding hydrogens is 394 g/mol. The minimum Gasteiger partial charge on any atom is -0.319 e. The van der Waals surface area contributed by atoms with E-state index < -0.39 is 0 Å². The number of benzene rings is 1. The Hall–Kier alpha value is -2.72. The highest BCUT2D eigenvalue weighted by molar-refractivity contribution is 9.10. The molecule has 0 saturated heterocycles. The monoisotopic (exact) mass is 401 g/mol. The summed E-state index contributed by atoms with van der Waals surface area (Å²) >= 11 is 4.46. The van der Waals surface area contributed by atoms with Gasteiger partial charge in [-0.1, -0.05) is 6.07 Å². The van der Waals surface area contributed by atoms with Crippen LogP contribution in [0.4, 0.5) is 5.69 Å². The number of nitrogens with one attached hydrogen (secondary N) is 1. The first-order chi connectivity index (χ1) is 11.7. The first kappa shape index (κ1) is 14.8. The highest BCUT2D eigenvalue weighted by Gasteiger charge is 2.16. The summed E-state index contributed by atoms with van der Waals surface area (Å²) in [6, 6.07) is 8.95. The quantitative estimate of drug-likeness (QED) is 0.566. The van der Waals surface area contributed by atoms with E-state index in [2.05, 4.69) is 45.2 Å². The molecule has 0 spiro atoms. The fourth-order valence-corrected chi connectivity index (χ4v) is 3.09. The normalized spacial score (nSPS) is 10.9. The van der Waals surface area contributed by atoms with Gasteiger partial charge >= 0.3 is 0 Å². The first-order valence-corrected chi connectivity index (χ1v) is 8.29. The third kappa shape index (κ3) is 2.65. The van der Waals surface area contributed by atoms with Gasteiger partial charge in [-0.15, -0.1) is 10.2 Å². The Labute approximate surface area is 148 Å². The van der Waals surface area contributed by atoms with E-state index in [4.69, 9.17) is 0 Å². The SMILES string of the molecule is O=C(Nc1cccc2nsnc12)c1nc(-n2cnnc2)ccc1Br. The minimum absolute atomic E-state index is 0.251. The zero-order valence-electron chi connectivity index (χ0n) is 11.9. The molecule has 1 N–H and O–H groups in total. The molecule has 0 atom stereocenters. The van der Waals surface area contributed by atoms with Crippen molar-refractivity contribution in [2.75, 3.05) is 5.32 Å². The lowest BCUT2D eigenvalue weighted by atomic mass is 10.2. The number of nitrogens with zero attached hydrogens (tertiary/aromatic N) is 6. The predicted molar refractivity (Wildman–Crippen MR) is 92.2 cm³/mol. The number of carbonyl (C=O) groups is 1. The molecule has 4 rings (SSSR count). The standard InChI is InChI=1S/C14H8BrN7OS/c15-8-4-5-11(22-6-16-17-7-22)19-12(8)14(23)18-9-2-1-3-10-13(9)21-24-20-10/h1-7H,(H,18,23). The summed E-state index contributed by atoms with van der Waals surface area (Å²) in [4.78, 5) is 17.0. The molecule has 0 aliphatic rings. The molecule has 8 nitrogen and oxygen atoms in total. The Morgan fingerprint density at radius 2 is 1.96 bits per heavy atom. The van der Waals surface area contributed by atoms with Crippen LogP contribution < -0.4 is 5.32 Å². The number of halogens is 1. The Bertz CT molecular complexity index is 1030. The molecule has 0 unspecified atom stereocenters. The van der Waals surface area contributed by atoms with E-state index in [1.807, 2.05) is 12.1 Å². The maximum Gasteiger partial charge on any atom is 0.275 e. The minimum atomic E-state index is -0.350. The molecule has 0 fully saturated rings. The number of fused-ring (bicyclic) bond motifs is 1. The van der Waals surface area contributed by atoms with E-state index in [0.29, 0.717) is 21.5 Å². The van der Waals surface area contributed by atoms with Gasteiger partial charge in [-0.05, 0) is 40.2 Å². The van der Waals surface area contributed by atoms with Crippen molar-refractivity contribution in [3.63, 3.8) is 0 Å². The molecule has 3 heterocycles. The van der Waals surface area contributed by atoms with Crippen LogP contribution in [-0.2, 0) is 0 Å². The predicted octanol–water partition coefficient (Wildman–Crippen LogP) is 2.68. The maximum absolute atomic E-state index is 12.6. The summed E-state index contributed by atoms with van der Waals surface area (Å²) in [7, 11) is 0. The van der Waals surface area contributed by atoms with Gasteiger partial charge in [-0.3, -0.25) is 9.36 Å². The van der Waals surface area contributed by atoms with Crippen LogP contribution in [-0.4, -0.2) is 34.4 Å². The third-order valence-electron chi connectivity index (χ3n) is 3.26. The van der Waals surface area contributed by atoms with Gasteiger partial charge in [-0.2, -0.15) is 8.75 Å². The number of carbonyl (C=O) groups excluding carboxylic acids is 1. The van der Waals surface area contributed by atoms with Gasteiger partial charge in [0.1, 0.15) is 35.2 Å². The Morgan fingerprint density at radius 1 is 1.12 bits per heavy atom. The summed E-state index contributed by atoms with van der Waals surface area (Å²) in [5.41, 5.74) is 2.24. The molecular formula is C14H8BrN7OS. The highest BCUT2D eigenvalue weighted by atomic mass is 79.9. The Morgan fingerprint density at radius 3 is 2.79 bits per heavy atom. The van der Waals surface area contributed by atoms with Crippen LogP contribution in [0.5, 0.6) is 0 Å². The van der Waals surface area contributed by atoms with Crippen LogP contribution in [0.25, 0.3) is 16.9 Å². The van der Waals surface area contributed by atoms with Gasteiger partial charge in [0.05, 0.1) is 17.4 Å². The molecule has 0 aliphatic heterocycles. The number of hydrogen-bond acceptors (Lipinski definition) is 7. The van der Waals surface area contributed by atoms with E-state index in [1.165, 1.54) is 12.7 Å². The largest absolute Gasteiger partial charge is 0.319 e. The third-order valence-corrected chi connectivity index (χ3v) is 4.45. The second-order valence-electron chi connectivity index (χ2n) is 4.76. The zero-order valence-corrected chi connectivity index (χ0v) is 14.3. The van der Waals surface area contributed by atoms with E-state index in [1.54, 1.807) is 22.8 Å². The molecule has 4 aromatic rings. The molecule has 0 bridgehead atoms. The van der Waals surface area contributed by atoms with Gasteiger partial charge in [0.15, 0.2) is 0 Å². The zero-order chi connectivity index (χ0) is 16.5. The van der Waals surface area contributed by atoms with Crippen LogP contribution in [0.2, 0.25) is 0 Å². The van der Waals surface area contributed by atoms with E-state index in [-0.39, 0.29) is 11.6 Å². The van der Waals surface area contributed by atoms with Crippen molar-refractivity contribution in [2.45, 2.75) is 0 Å². The van der Waals surface area contributed by atoms with Gasteiger partial charge < -0.3 is 5.32 Å². The first-order valence-electron chi connectivity index (χ1n) is 6.76. The highest BCUT2D eigenvalue weighted by Crippen LogP contribution is 2.23. The Balaban J connectivity index is 1.69. The van der Waals surface area contributed by atoms with Crippen molar-refractivity contribution in [1.29, 1.82) is 0 Å². The van der Waals surface area contributed by atoms with Crippen LogP contribution in [0, 0.1) is 0 Å². The molecule has 10 heteroatoms. The van der Waals surface area contributed by atoms with Crippen LogP contribution in [0.15, 0.2) is 47.5 Å². The number of rotatable bonds is 3. The molecule has 24 heavy (non-hydrogen) atoms. The van der Waals surface area contributed by atoms with Crippen molar-refractivity contribution in [1.82, 2.24) is 28.5 Å². The van der Waals surface area contributed by atoms with Crippen molar-refractivity contribution in [3.05, 3.63) is 53.2 Å². The summed E-state index contributed by atoms with van der Waals surface area (Å²) in [5.74, 6) is 0.194. The molecule has 0 radical (unpaired) electrons. The van der Waals surface area contributed by atoms with Gasteiger partial charge in [-0.25, -0.2) is 4.98 Å². The van der Waals surface area contributed by atoms with Gasteiger partial charge in [0.25, 0.3) is 5.91 Å². The van der Waals surface area contributed by atoms with E-state index >= 15 is 0 Å². The molecule has 0 aliphatic carbocycles. The number of aromatic nitrogens is 6. The number of pyridine rings is 1. The summed E-state index contributed by atoms with van der Waals surface area (Å²) < 4.78 is 10.6. The van der Waals surface area contributed by atoms with E-state index in [0.717, 1.165) is 17.2 Å². The molecule has 3 aromatic heterocycles. The maximum atomic E-state index is 12.6. The van der Waals surface area contributed by atoms with Crippen LogP contribution in [0.3, 0.4) is 0 Å². The molecule has 118 valence electrons. The molecule has 0 saturated carbocycles.